The van der Waals surface area contributed by atoms with Gasteiger partial charge in [0.1, 0.15) is 0 Å². The van der Waals surface area contributed by atoms with Crippen LogP contribution in [0.4, 0.5) is 11.4 Å². The zero-order valence-corrected chi connectivity index (χ0v) is 20.1. The molecular weight excluding hydrogens is 519 g/mol. The summed E-state index contributed by atoms with van der Waals surface area (Å²) in [6, 6.07) is 13.1. The summed E-state index contributed by atoms with van der Waals surface area (Å²) >= 11 is 1.76. The molecule has 2 aromatic carbocycles. The van der Waals surface area contributed by atoms with Crippen molar-refractivity contribution in [1.29, 1.82) is 0 Å². The topological polar surface area (TPSA) is 84.0 Å². The summed E-state index contributed by atoms with van der Waals surface area (Å²) in [4.78, 5) is 6.55. The van der Waals surface area contributed by atoms with Crippen LogP contribution in [0.2, 0.25) is 0 Å². The highest BCUT2D eigenvalue weighted by molar-refractivity contribution is 14.1. The zero-order chi connectivity index (χ0) is 21.9. The van der Waals surface area contributed by atoms with E-state index in [4.69, 9.17) is 9.47 Å². The Labute approximate surface area is 190 Å². The Hall–Kier alpha value is -2.31. The van der Waals surface area contributed by atoms with E-state index in [0.717, 1.165) is 22.2 Å². The number of anilines is 2. The van der Waals surface area contributed by atoms with Crippen molar-refractivity contribution in [2.75, 3.05) is 35.7 Å². The first kappa shape index (κ1) is 22.4. The zero-order valence-electron chi connectivity index (χ0n) is 17.1. The molecule has 30 heavy (non-hydrogen) atoms. The monoisotopic (exact) mass is 542 g/mol. The minimum absolute atomic E-state index is 0.572. The molecule has 0 saturated heterocycles. The normalized spacial score (nSPS) is 11.4. The molecule has 160 valence electrons. The summed E-state index contributed by atoms with van der Waals surface area (Å²) in [6.07, 6.45) is 1.76. The third-order valence-electron chi connectivity index (χ3n) is 4.66. The van der Waals surface area contributed by atoms with E-state index < -0.39 is 10.2 Å². The molecule has 1 heterocycles. The largest absolute Gasteiger partial charge is 0.493 e. The van der Waals surface area contributed by atoms with Crippen LogP contribution in [-0.4, -0.2) is 41.7 Å². The fraction of sp³-hybridized carbons (Fsp3) is 0.250. The van der Waals surface area contributed by atoms with Crippen molar-refractivity contribution in [2.45, 2.75) is 6.54 Å². The van der Waals surface area contributed by atoms with Gasteiger partial charge in [0, 0.05) is 44.0 Å². The summed E-state index contributed by atoms with van der Waals surface area (Å²) in [6.45, 7) is 0.633. The van der Waals surface area contributed by atoms with E-state index >= 15 is 0 Å². The van der Waals surface area contributed by atoms with Crippen molar-refractivity contribution in [3.8, 4) is 11.5 Å². The lowest BCUT2D eigenvalue weighted by molar-refractivity contribution is 0.356. The van der Waals surface area contributed by atoms with Gasteiger partial charge in [-0.15, -0.1) is 0 Å². The number of aromatic nitrogens is 1. The number of halogens is 1. The smallest absolute Gasteiger partial charge is 0.309 e. The Bertz CT molecular complexity index is 1140. The van der Waals surface area contributed by atoms with Crippen LogP contribution in [0, 0.1) is 0 Å². The van der Waals surface area contributed by atoms with Gasteiger partial charge >= 0.3 is 10.2 Å². The van der Waals surface area contributed by atoms with Gasteiger partial charge in [0.25, 0.3) is 0 Å². The maximum atomic E-state index is 11.9. The fourth-order valence-corrected chi connectivity index (χ4v) is 4.56. The van der Waals surface area contributed by atoms with Gasteiger partial charge in [-0.05, 0) is 29.8 Å². The number of nitrogens with zero attached hydrogens (tertiary/aromatic N) is 3. The Morgan fingerprint density at radius 3 is 2.30 bits per heavy atom. The Morgan fingerprint density at radius 1 is 1.07 bits per heavy atom. The predicted molar refractivity (Wildman–Crippen MR) is 128 cm³/mol. The first-order chi connectivity index (χ1) is 14.3. The van der Waals surface area contributed by atoms with Gasteiger partial charge in [-0.2, -0.15) is 10.9 Å². The van der Waals surface area contributed by atoms with Gasteiger partial charge < -0.3 is 14.4 Å². The highest BCUT2D eigenvalue weighted by Gasteiger charge is 2.18. The summed E-state index contributed by atoms with van der Waals surface area (Å²) in [5.41, 5.74) is 3.42. The van der Waals surface area contributed by atoms with E-state index in [-0.39, 0.29) is 0 Å². The maximum absolute atomic E-state index is 11.9. The summed E-state index contributed by atoms with van der Waals surface area (Å²) < 4.78 is 38.2. The highest BCUT2D eigenvalue weighted by Crippen LogP contribution is 2.35. The average molecular weight is 542 g/mol. The van der Waals surface area contributed by atoms with E-state index in [1.54, 1.807) is 55.4 Å². The number of methoxy groups -OCH3 is 2. The number of hydrogen-bond acceptors (Lipinski definition) is 6. The molecule has 0 fully saturated rings. The summed E-state index contributed by atoms with van der Waals surface area (Å²) in [5, 5.41) is 0.952. The van der Waals surface area contributed by atoms with Gasteiger partial charge in [-0.1, -0.05) is 12.1 Å². The van der Waals surface area contributed by atoms with Crippen molar-refractivity contribution in [2.24, 2.45) is 0 Å². The molecule has 0 spiro atoms. The molecule has 0 unspecified atom stereocenters. The van der Waals surface area contributed by atoms with Crippen LogP contribution < -0.4 is 21.6 Å². The van der Waals surface area contributed by atoms with Crippen LogP contribution in [0.15, 0.2) is 48.7 Å². The highest BCUT2D eigenvalue weighted by atomic mass is 127. The maximum Gasteiger partial charge on any atom is 0.309 e. The SMILES string of the molecule is CNS(=O)(=O)N(I)c1ccc(CN(C)c2ccnc3cc(OC)c(OC)cc23)cc1. The summed E-state index contributed by atoms with van der Waals surface area (Å²) in [7, 11) is 3.05. The molecule has 0 aliphatic rings. The van der Waals surface area contributed by atoms with Crippen molar-refractivity contribution in [3.63, 3.8) is 0 Å². The number of benzene rings is 2. The molecular formula is C20H23IN4O4S. The van der Waals surface area contributed by atoms with Crippen LogP contribution >= 0.6 is 22.9 Å². The number of hydrogen-bond donors (Lipinski definition) is 1. The molecule has 0 aliphatic heterocycles. The molecule has 0 amide bonds. The Morgan fingerprint density at radius 2 is 1.70 bits per heavy atom. The molecule has 8 nitrogen and oxygen atoms in total. The molecule has 3 rings (SSSR count). The van der Waals surface area contributed by atoms with Crippen molar-refractivity contribution in [3.05, 3.63) is 54.2 Å². The lowest BCUT2D eigenvalue weighted by atomic mass is 10.1. The molecule has 1 N–H and O–H groups in total. The second-order valence-electron chi connectivity index (χ2n) is 6.50. The van der Waals surface area contributed by atoms with Crippen molar-refractivity contribution >= 4 is 55.4 Å². The quantitative estimate of drug-likeness (QED) is 0.347. The van der Waals surface area contributed by atoms with Crippen LogP contribution in [0.1, 0.15) is 5.56 Å². The molecule has 10 heteroatoms. The second-order valence-corrected chi connectivity index (χ2v) is 9.84. The first-order valence-electron chi connectivity index (χ1n) is 9.01. The average Bonchev–Trinajstić information content (AvgIpc) is 2.77. The minimum Gasteiger partial charge on any atom is -0.493 e. The van der Waals surface area contributed by atoms with E-state index in [1.807, 2.05) is 37.4 Å². The van der Waals surface area contributed by atoms with Crippen LogP contribution in [0.5, 0.6) is 11.5 Å². The van der Waals surface area contributed by atoms with Gasteiger partial charge in [0.05, 0.1) is 48.3 Å². The number of nitrogens with one attached hydrogen (secondary N) is 1. The van der Waals surface area contributed by atoms with E-state index in [2.05, 4.69) is 14.6 Å². The van der Waals surface area contributed by atoms with Gasteiger partial charge in [0.15, 0.2) is 11.5 Å². The molecule has 3 aromatic rings. The number of ether oxygens (including phenoxy) is 2. The summed E-state index contributed by atoms with van der Waals surface area (Å²) in [5.74, 6) is 1.28. The van der Waals surface area contributed by atoms with Gasteiger partial charge in [-0.3, -0.25) is 4.98 Å². The van der Waals surface area contributed by atoms with Gasteiger partial charge in [0.2, 0.25) is 0 Å². The third kappa shape index (κ3) is 4.55. The standard InChI is InChI=1S/C20H23IN4O4S/c1-22-30(26,27)25(21)15-7-5-14(6-8-15)13-24(2)18-9-10-23-17-12-20(29-4)19(28-3)11-16(17)18/h5-12,22H,13H2,1-4H3. The third-order valence-corrected chi connectivity index (χ3v) is 7.92. The number of fused-ring (bicyclic) bond motifs is 1. The molecule has 1 aromatic heterocycles. The molecule has 0 saturated carbocycles. The van der Waals surface area contributed by atoms with Crippen molar-refractivity contribution in [1.82, 2.24) is 9.71 Å². The lowest BCUT2D eigenvalue weighted by Crippen LogP contribution is -2.31. The minimum atomic E-state index is -3.54. The van der Waals surface area contributed by atoms with Crippen LogP contribution in [0.3, 0.4) is 0 Å². The Balaban J connectivity index is 1.87. The first-order valence-corrected chi connectivity index (χ1v) is 11.4. The predicted octanol–water partition coefficient (Wildman–Crippen LogP) is 3.51. The van der Waals surface area contributed by atoms with E-state index in [9.17, 15) is 8.42 Å². The molecule has 0 atom stereocenters. The molecule has 0 aliphatic carbocycles. The lowest BCUT2D eigenvalue weighted by Gasteiger charge is -2.22. The van der Waals surface area contributed by atoms with Crippen molar-refractivity contribution < 1.29 is 17.9 Å². The fourth-order valence-electron chi connectivity index (χ4n) is 3.09. The Kier molecular flexibility index (Phi) is 6.88. The van der Waals surface area contributed by atoms with E-state index in [0.29, 0.717) is 23.7 Å². The molecule has 0 bridgehead atoms. The number of pyridine rings is 1. The van der Waals surface area contributed by atoms with Gasteiger partial charge in [-0.25, -0.2) is 4.72 Å². The van der Waals surface area contributed by atoms with E-state index in [1.165, 1.54) is 9.57 Å². The molecule has 0 radical (unpaired) electrons. The van der Waals surface area contributed by atoms with Crippen LogP contribution in [0.25, 0.3) is 10.9 Å². The number of rotatable bonds is 8. The second kappa shape index (κ2) is 9.23. The van der Waals surface area contributed by atoms with Crippen LogP contribution in [-0.2, 0) is 16.8 Å².